The highest BCUT2D eigenvalue weighted by Crippen LogP contribution is 2.37. The van der Waals surface area contributed by atoms with Crippen LogP contribution >= 0.6 is 0 Å². The van der Waals surface area contributed by atoms with Crippen molar-refractivity contribution in [3.05, 3.63) is 35.0 Å². The summed E-state index contributed by atoms with van der Waals surface area (Å²) in [5, 5.41) is 4.10. The van der Waals surface area contributed by atoms with E-state index in [4.69, 9.17) is 0 Å². The Labute approximate surface area is 108 Å². The molecular weight excluding hydrogens is 220 g/mol. The van der Waals surface area contributed by atoms with Crippen LogP contribution in [0.25, 0.3) is 10.9 Å². The molecule has 1 aromatic heterocycles. The maximum Gasteiger partial charge on any atom is 0.127 e. The zero-order valence-electron chi connectivity index (χ0n) is 11.1. The lowest BCUT2D eigenvalue weighted by Crippen LogP contribution is -2.88. The Morgan fingerprint density at radius 3 is 3.22 bits per heavy atom. The molecule has 1 aliphatic carbocycles. The van der Waals surface area contributed by atoms with Gasteiger partial charge in [0.25, 0.3) is 0 Å². The highest BCUT2D eigenvalue weighted by Gasteiger charge is 2.32. The van der Waals surface area contributed by atoms with E-state index in [0.29, 0.717) is 0 Å². The number of quaternary nitrogens is 1. The van der Waals surface area contributed by atoms with Crippen molar-refractivity contribution in [3.8, 4) is 0 Å². The van der Waals surface area contributed by atoms with Crippen LogP contribution in [0.1, 0.15) is 42.6 Å². The van der Waals surface area contributed by atoms with E-state index < -0.39 is 0 Å². The number of hydrogen-bond acceptors (Lipinski definition) is 0. The fraction of sp³-hybridized carbons (Fsp3) is 0.500. The van der Waals surface area contributed by atoms with Gasteiger partial charge in [-0.3, -0.25) is 0 Å². The lowest BCUT2D eigenvalue weighted by Gasteiger charge is -2.27. The van der Waals surface area contributed by atoms with Crippen LogP contribution in [0.15, 0.2) is 18.2 Å². The van der Waals surface area contributed by atoms with Gasteiger partial charge in [-0.2, -0.15) is 0 Å². The van der Waals surface area contributed by atoms with Crippen LogP contribution in [0.5, 0.6) is 0 Å². The Balaban J connectivity index is 2.05. The number of aromatic nitrogens is 1. The van der Waals surface area contributed by atoms with Crippen LogP contribution in [0.4, 0.5) is 0 Å². The molecule has 2 aliphatic rings. The van der Waals surface area contributed by atoms with Gasteiger partial charge in [-0.1, -0.05) is 13.0 Å². The summed E-state index contributed by atoms with van der Waals surface area (Å²) in [4.78, 5) is 0. The quantitative estimate of drug-likeness (QED) is 0.790. The van der Waals surface area contributed by atoms with Gasteiger partial charge >= 0.3 is 0 Å². The molecule has 2 aromatic rings. The van der Waals surface area contributed by atoms with Crippen molar-refractivity contribution in [3.63, 3.8) is 0 Å². The fourth-order valence-corrected chi connectivity index (χ4v) is 3.91. The normalized spacial score (nSPS) is 22.2. The summed E-state index contributed by atoms with van der Waals surface area (Å²) in [5.74, 6) is 0. The van der Waals surface area contributed by atoms with Gasteiger partial charge in [-0.25, -0.2) is 0 Å². The minimum absolute atomic E-state index is 0.736. The minimum Gasteiger partial charge on any atom is -0.337 e. The number of fused-ring (bicyclic) bond motifs is 3. The van der Waals surface area contributed by atoms with E-state index in [1.54, 1.807) is 16.6 Å². The molecule has 1 aromatic carbocycles. The zero-order chi connectivity index (χ0) is 12.1. The largest absolute Gasteiger partial charge is 0.337 e. The molecule has 0 saturated heterocycles. The number of aryl methyl sites for hydroxylation is 2. The van der Waals surface area contributed by atoms with Crippen molar-refractivity contribution in [1.29, 1.82) is 0 Å². The topological polar surface area (TPSA) is 21.5 Å². The van der Waals surface area contributed by atoms with E-state index in [0.717, 1.165) is 12.5 Å². The Kier molecular flexibility index (Phi) is 2.28. The van der Waals surface area contributed by atoms with E-state index in [2.05, 4.69) is 35.0 Å². The first-order chi connectivity index (χ1) is 8.88. The van der Waals surface area contributed by atoms with E-state index in [-0.39, 0.29) is 0 Å². The smallest absolute Gasteiger partial charge is 0.127 e. The molecule has 4 rings (SSSR count). The van der Waals surface area contributed by atoms with Crippen molar-refractivity contribution < 1.29 is 5.32 Å². The summed E-state index contributed by atoms with van der Waals surface area (Å²) in [6.07, 6.45) is 5.16. The highest BCUT2D eigenvalue weighted by atomic mass is 15.1. The van der Waals surface area contributed by atoms with Crippen LogP contribution in [0.2, 0.25) is 0 Å². The summed E-state index contributed by atoms with van der Waals surface area (Å²) in [7, 11) is 0. The Hall–Kier alpha value is -1.28. The minimum atomic E-state index is 0.736. The van der Waals surface area contributed by atoms with Crippen molar-refractivity contribution >= 4 is 10.9 Å². The fourth-order valence-electron chi connectivity index (χ4n) is 3.91. The molecule has 1 aliphatic heterocycles. The molecule has 2 heterocycles. The second-order valence-electron chi connectivity index (χ2n) is 5.74. The third-order valence-electron chi connectivity index (χ3n) is 4.78. The van der Waals surface area contributed by atoms with Crippen LogP contribution in [0.3, 0.4) is 0 Å². The van der Waals surface area contributed by atoms with Crippen molar-refractivity contribution in [2.24, 2.45) is 0 Å². The lowest BCUT2D eigenvalue weighted by molar-refractivity contribution is -0.704. The molecule has 0 radical (unpaired) electrons. The summed E-state index contributed by atoms with van der Waals surface area (Å²) in [6, 6.07) is 7.85. The van der Waals surface area contributed by atoms with Gasteiger partial charge in [0, 0.05) is 17.3 Å². The van der Waals surface area contributed by atoms with Gasteiger partial charge in [0.1, 0.15) is 6.04 Å². The second-order valence-corrected chi connectivity index (χ2v) is 5.74. The molecule has 2 heteroatoms. The number of nitrogens with zero attached hydrogens (tertiary/aromatic N) is 1. The molecule has 18 heavy (non-hydrogen) atoms. The predicted octanol–water partition coefficient (Wildman–Crippen LogP) is 2.16. The van der Waals surface area contributed by atoms with Crippen molar-refractivity contribution in [1.82, 2.24) is 4.57 Å². The average molecular weight is 241 g/mol. The first kappa shape index (κ1) is 10.6. The van der Waals surface area contributed by atoms with Gasteiger partial charge < -0.3 is 9.88 Å². The van der Waals surface area contributed by atoms with Gasteiger partial charge in [-0.15, -0.1) is 0 Å². The van der Waals surface area contributed by atoms with Gasteiger partial charge in [0.15, 0.2) is 0 Å². The molecule has 0 saturated carbocycles. The molecule has 1 atom stereocenters. The van der Waals surface area contributed by atoms with Crippen LogP contribution in [-0.4, -0.2) is 11.1 Å². The van der Waals surface area contributed by atoms with Crippen LogP contribution in [0, 0.1) is 0 Å². The first-order valence-electron chi connectivity index (χ1n) is 7.35. The van der Waals surface area contributed by atoms with E-state index in [1.165, 1.54) is 43.4 Å². The van der Waals surface area contributed by atoms with Crippen molar-refractivity contribution in [2.45, 2.75) is 45.2 Å². The maximum absolute atomic E-state index is 2.61. The molecule has 0 unspecified atom stereocenters. The molecule has 2 N–H and O–H groups in total. The van der Waals surface area contributed by atoms with Crippen LogP contribution in [-0.2, 0) is 19.4 Å². The Morgan fingerprint density at radius 1 is 1.39 bits per heavy atom. The average Bonchev–Trinajstić information content (AvgIpc) is 2.76. The number of hydrogen-bond donors (Lipinski definition) is 1. The Morgan fingerprint density at radius 2 is 2.33 bits per heavy atom. The van der Waals surface area contributed by atoms with Gasteiger partial charge in [0.05, 0.1) is 18.8 Å². The summed E-state index contributed by atoms with van der Waals surface area (Å²) in [6.45, 7) is 4.68. The van der Waals surface area contributed by atoms with E-state index >= 15 is 0 Å². The molecule has 94 valence electrons. The number of rotatable bonds is 1. The summed E-state index contributed by atoms with van der Waals surface area (Å²) in [5.41, 5.74) is 6.27. The predicted molar refractivity (Wildman–Crippen MR) is 73.8 cm³/mol. The SMILES string of the molecule is CCc1ccc2c(c1)c1c3n2CC[NH2+][C@@H]3CCC1. The second kappa shape index (κ2) is 3.86. The monoisotopic (exact) mass is 241 g/mol. The highest BCUT2D eigenvalue weighted by molar-refractivity contribution is 5.86. The molecule has 2 nitrogen and oxygen atoms in total. The molecule has 0 fully saturated rings. The summed E-state index contributed by atoms with van der Waals surface area (Å²) < 4.78 is 2.61. The van der Waals surface area contributed by atoms with Gasteiger partial charge in [0.2, 0.25) is 0 Å². The standard InChI is InChI=1S/C16H20N2/c1-2-11-6-7-15-13(10-11)12-4-3-5-14-16(12)18(15)9-8-17-14/h6-7,10,14,17H,2-5,8-9H2,1H3/p+1/t14-/m1/s1. The molecular formula is C16H21N2+. The van der Waals surface area contributed by atoms with Crippen molar-refractivity contribution in [2.75, 3.05) is 6.54 Å². The Bertz CT molecular complexity index is 607. The van der Waals surface area contributed by atoms with E-state index in [1.807, 2.05) is 0 Å². The summed E-state index contributed by atoms with van der Waals surface area (Å²) >= 11 is 0. The molecule has 0 bridgehead atoms. The lowest BCUT2D eigenvalue weighted by atomic mass is 9.90. The van der Waals surface area contributed by atoms with Crippen LogP contribution < -0.4 is 5.32 Å². The van der Waals surface area contributed by atoms with E-state index in [9.17, 15) is 0 Å². The maximum atomic E-state index is 2.61. The third-order valence-corrected chi connectivity index (χ3v) is 4.78. The third kappa shape index (κ3) is 1.33. The molecule has 0 amide bonds. The molecule has 0 spiro atoms. The number of benzene rings is 1. The zero-order valence-corrected chi connectivity index (χ0v) is 11.1. The first-order valence-corrected chi connectivity index (χ1v) is 7.35. The number of nitrogens with two attached hydrogens (primary N) is 1. The van der Waals surface area contributed by atoms with Gasteiger partial charge in [-0.05, 0) is 42.5 Å².